The first-order chi connectivity index (χ1) is 7.19. The van der Waals surface area contributed by atoms with Crippen molar-refractivity contribution in [3.63, 3.8) is 0 Å². The van der Waals surface area contributed by atoms with Gasteiger partial charge >= 0.3 is 0 Å². The molecule has 0 heterocycles. The molecule has 0 unspecified atom stereocenters. The van der Waals surface area contributed by atoms with E-state index >= 15 is 0 Å². The molecule has 1 aromatic carbocycles. The molecular formula is C12H17NS2. The van der Waals surface area contributed by atoms with Crippen LogP contribution in [0.5, 0.6) is 0 Å². The Hall–Kier alpha value is -0.410. The Morgan fingerprint density at radius 2 is 2.13 bits per heavy atom. The maximum atomic E-state index is 4.09. The number of benzene rings is 1. The van der Waals surface area contributed by atoms with Crippen molar-refractivity contribution in [2.75, 3.05) is 11.3 Å². The molecule has 82 valence electrons. The summed E-state index contributed by atoms with van der Waals surface area (Å²) >= 11 is 3.65. The Balaban J connectivity index is 2.93. The summed E-state index contributed by atoms with van der Waals surface area (Å²) in [6, 6.07) is 6.47. The molecule has 0 fully saturated rings. The van der Waals surface area contributed by atoms with Crippen LogP contribution < -0.4 is 0 Å². The molecule has 0 bridgehead atoms. The first kappa shape index (κ1) is 12.7. The number of aliphatic imine (C=N–C) groups is 1. The Kier molecular flexibility index (Phi) is 5.26. The zero-order chi connectivity index (χ0) is 11.3. The average Bonchev–Trinajstić information content (AvgIpc) is 2.25. The Bertz CT molecular complexity index is 334. The third kappa shape index (κ3) is 3.58. The lowest BCUT2D eigenvalue weighted by atomic mass is 10.0. The van der Waals surface area contributed by atoms with Gasteiger partial charge in [0, 0.05) is 9.98 Å². The average molecular weight is 239 g/mol. The van der Waals surface area contributed by atoms with E-state index in [1.54, 1.807) is 0 Å². The van der Waals surface area contributed by atoms with Gasteiger partial charge in [0.05, 0.1) is 5.69 Å². The molecule has 1 aromatic rings. The van der Waals surface area contributed by atoms with E-state index in [-0.39, 0.29) is 0 Å². The quantitative estimate of drug-likeness (QED) is 0.424. The molecule has 0 N–H and O–H groups in total. The van der Waals surface area contributed by atoms with Crippen molar-refractivity contribution in [3.8, 4) is 0 Å². The summed E-state index contributed by atoms with van der Waals surface area (Å²) in [5.74, 6) is 0.546. The highest BCUT2D eigenvalue weighted by atomic mass is 32.2. The van der Waals surface area contributed by atoms with E-state index in [1.165, 1.54) is 10.5 Å². The van der Waals surface area contributed by atoms with Crippen LogP contribution in [0.1, 0.15) is 25.3 Å². The van der Waals surface area contributed by atoms with Crippen LogP contribution >= 0.6 is 23.5 Å². The van der Waals surface area contributed by atoms with Crippen LogP contribution in [-0.4, -0.2) is 18.1 Å². The number of hydrogen-bond donors (Lipinski definition) is 0. The van der Waals surface area contributed by atoms with Crippen molar-refractivity contribution < 1.29 is 0 Å². The minimum Gasteiger partial charge on any atom is -0.263 e. The molecule has 0 spiro atoms. The number of rotatable bonds is 5. The van der Waals surface area contributed by atoms with E-state index in [0.29, 0.717) is 5.92 Å². The fraction of sp³-hybridized carbons (Fsp3) is 0.417. The van der Waals surface area contributed by atoms with Crippen LogP contribution in [0.25, 0.3) is 0 Å². The fourth-order valence-electron chi connectivity index (χ4n) is 1.26. The second kappa shape index (κ2) is 6.23. The molecule has 3 heteroatoms. The van der Waals surface area contributed by atoms with Crippen molar-refractivity contribution in [1.29, 1.82) is 0 Å². The van der Waals surface area contributed by atoms with Crippen LogP contribution in [0.4, 0.5) is 5.69 Å². The van der Waals surface area contributed by atoms with Gasteiger partial charge in [0.25, 0.3) is 0 Å². The molecule has 1 rings (SSSR count). The molecule has 0 saturated heterocycles. The predicted octanol–water partition coefficient (Wildman–Crippen LogP) is 4.55. The van der Waals surface area contributed by atoms with E-state index < -0.39 is 0 Å². The zero-order valence-corrected chi connectivity index (χ0v) is 11.1. The van der Waals surface area contributed by atoms with Gasteiger partial charge in [-0.25, -0.2) is 0 Å². The molecule has 1 nitrogen and oxygen atoms in total. The summed E-state index contributed by atoms with van der Waals surface area (Å²) in [5.41, 5.74) is 2.34. The predicted molar refractivity (Wildman–Crippen MR) is 74.0 cm³/mol. The normalized spacial score (nSPS) is 10.7. The maximum Gasteiger partial charge on any atom is 0.0761 e. The summed E-state index contributed by atoms with van der Waals surface area (Å²) in [6.45, 7) is 8.01. The minimum atomic E-state index is 0.546. The van der Waals surface area contributed by atoms with E-state index in [9.17, 15) is 0 Å². The number of hydrogen-bond acceptors (Lipinski definition) is 3. The van der Waals surface area contributed by atoms with Crippen molar-refractivity contribution in [3.05, 3.63) is 23.8 Å². The van der Waals surface area contributed by atoms with Gasteiger partial charge in [-0.1, -0.05) is 19.9 Å². The van der Waals surface area contributed by atoms with Crippen molar-refractivity contribution in [1.82, 2.24) is 0 Å². The Morgan fingerprint density at radius 3 is 2.67 bits per heavy atom. The molecule has 0 amide bonds. The summed E-state index contributed by atoms with van der Waals surface area (Å²) in [6.07, 6.45) is 2.11. The van der Waals surface area contributed by atoms with Crippen LogP contribution in [0.3, 0.4) is 0 Å². The van der Waals surface area contributed by atoms with Crippen molar-refractivity contribution in [2.24, 2.45) is 4.99 Å². The highest BCUT2D eigenvalue weighted by Crippen LogP contribution is 2.33. The second-order valence-electron chi connectivity index (χ2n) is 3.59. The van der Waals surface area contributed by atoms with E-state index in [0.717, 1.165) is 10.8 Å². The highest BCUT2D eigenvalue weighted by molar-refractivity contribution is 8.15. The summed E-state index contributed by atoms with van der Waals surface area (Å²) in [5, 5.41) is 1.06. The first-order valence-corrected chi connectivity index (χ1v) is 7.29. The molecule has 15 heavy (non-hydrogen) atoms. The van der Waals surface area contributed by atoms with Gasteiger partial charge in [-0.3, -0.25) is 4.99 Å². The van der Waals surface area contributed by atoms with Gasteiger partial charge in [-0.05, 0) is 36.6 Å². The summed E-state index contributed by atoms with van der Waals surface area (Å²) in [4.78, 5) is 5.31. The van der Waals surface area contributed by atoms with Crippen LogP contribution in [0.15, 0.2) is 28.1 Å². The van der Waals surface area contributed by atoms with Gasteiger partial charge in [0.2, 0.25) is 0 Å². The Labute approximate surface area is 101 Å². The third-order valence-corrected chi connectivity index (χ3v) is 4.22. The zero-order valence-electron chi connectivity index (χ0n) is 9.49. The largest absolute Gasteiger partial charge is 0.263 e. The van der Waals surface area contributed by atoms with Gasteiger partial charge in [0.15, 0.2) is 0 Å². The van der Waals surface area contributed by atoms with Gasteiger partial charge < -0.3 is 0 Å². The minimum absolute atomic E-state index is 0.546. The van der Waals surface area contributed by atoms with Crippen molar-refractivity contribution in [2.45, 2.75) is 24.7 Å². The number of nitrogens with zero attached hydrogens (tertiary/aromatic N) is 1. The van der Waals surface area contributed by atoms with Gasteiger partial charge in [-0.2, -0.15) is 11.8 Å². The lowest BCUT2D eigenvalue weighted by molar-refractivity contribution is 0.865. The van der Waals surface area contributed by atoms with E-state index in [1.807, 2.05) is 23.5 Å². The lowest BCUT2D eigenvalue weighted by Crippen LogP contribution is -1.87. The smallest absolute Gasteiger partial charge is 0.0761 e. The van der Waals surface area contributed by atoms with E-state index in [4.69, 9.17) is 0 Å². The highest BCUT2D eigenvalue weighted by Gasteiger charge is 2.05. The van der Waals surface area contributed by atoms with Crippen LogP contribution in [0, 0.1) is 0 Å². The van der Waals surface area contributed by atoms with Crippen molar-refractivity contribution >= 4 is 35.9 Å². The Morgan fingerprint density at radius 1 is 1.40 bits per heavy atom. The molecule has 0 aliphatic heterocycles. The standard InChI is InChI=1S/C12H17NS2/c1-9(2)10-5-6-12(15-8-14-4)11(7-10)13-3/h5-7,9H,3,8H2,1-2,4H3. The fourth-order valence-corrected chi connectivity index (χ4v) is 2.68. The van der Waals surface area contributed by atoms with E-state index in [2.05, 4.69) is 50.0 Å². The topological polar surface area (TPSA) is 12.4 Å². The third-order valence-electron chi connectivity index (χ3n) is 2.15. The molecule has 0 saturated carbocycles. The first-order valence-electron chi connectivity index (χ1n) is 4.91. The van der Waals surface area contributed by atoms with Gasteiger partial charge in [0.1, 0.15) is 0 Å². The molecule has 0 aliphatic carbocycles. The van der Waals surface area contributed by atoms with Gasteiger partial charge in [-0.15, -0.1) is 11.8 Å². The van der Waals surface area contributed by atoms with Crippen LogP contribution in [0.2, 0.25) is 0 Å². The molecule has 0 aromatic heterocycles. The van der Waals surface area contributed by atoms with Crippen LogP contribution in [-0.2, 0) is 0 Å². The lowest BCUT2D eigenvalue weighted by Gasteiger charge is -2.09. The maximum absolute atomic E-state index is 4.09. The second-order valence-corrected chi connectivity index (χ2v) is 5.84. The molecule has 0 radical (unpaired) electrons. The molecule has 0 aliphatic rings. The number of thioether (sulfide) groups is 2. The molecule has 0 atom stereocenters. The summed E-state index contributed by atoms with van der Waals surface area (Å²) < 4.78 is 0. The SMILES string of the molecule is C=Nc1cc(C(C)C)ccc1SCSC. The monoisotopic (exact) mass is 239 g/mol. The molecular weight excluding hydrogens is 222 g/mol. The summed E-state index contributed by atoms with van der Waals surface area (Å²) in [7, 11) is 0.